The average molecular weight is 1280 g/mol. The zero-order chi connectivity index (χ0) is 63.8. The van der Waals surface area contributed by atoms with Gasteiger partial charge in [-0.05, 0) is 173 Å². The van der Waals surface area contributed by atoms with Gasteiger partial charge in [0.2, 0.25) is 0 Å². The van der Waals surface area contributed by atoms with Crippen LogP contribution in [0.15, 0.2) is 97.1 Å². The molecular weight excluding hydrogens is 1180 g/mol. The van der Waals surface area contributed by atoms with Gasteiger partial charge in [-0.25, -0.2) is 24.0 Å². The fourth-order valence-electron chi connectivity index (χ4n) is 7.44. The van der Waals surface area contributed by atoms with Crippen molar-refractivity contribution in [3.05, 3.63) is 129 Å². The molecule has 0 aliphatic carbocycles. The minimum absolute atomic E-state index is 0. The van der Waals surface area contributed by atoms with Crippen molar-refractivity contribution in [2.24, 2.45) is 17.6 Å². The molecule has 2 atom stereocenters. The summed E-state index contributed by atoms with van der Waals surface area (Å²) >= 11 is 11.7. The number of hydrogen-bond acceptors (Lipinski definition) is 15. The smallest absolute Gasteiger partial charge is 0.413 e. The summed E-state index contributed by atoms with van der Waals surface area (Å²) in [6, 6.07) is 27.4. The molecule has 5 amide bonds. The molecule has 0 aliphatic heterocycles. The first-order valence-corrected chi connectivity index (χ1v) is 29.1. The molecule has 2 unspecified atom stereocenters. The fraction of sp³-hybridized carbons (Fsp3) is 0.516. The monoisotopic (exact) mass is 1270 g/mol. The Morgan fingerprint density at radius 2 is 0.839 bits per heavy atom. The molecule has 0 bridgehead atoms. The van der Waals surface area contributed by atoms with Crippen molar-refractivity contribution in [2.75, 3.05) is 39.3 Å². The normalized spacial score (nSPS) is 11.9. The van der Waals surface area contributed by atoms with Crippen molar-refractivity contribution in [1.82, 2.24) is 25.8 Å². The van der Waals surface area contributed by atoms with Crippen LogP contribution < -0.4 is 31.2 Å². The number of rotatable bonds is 27. The summed E-state index contributed by atoms with van der Waals surface area (Å²) in [7, 11) is 0. The Balaban J connectivity index is 0.000000861. The number of nitrogens with zero attached hydrogens (tertiary/aromatic N) is 2. The van der Waals surface area contributed by atoms with E-state index in [1.807, 2.05) is 52.0 Å². The van der Waals surface area contributed by atoms with E-state index in [0.29, 0.717) is 65.1 Å². The molecule has 0 spiro atoms. The number of nitrogens with one attached hydrogen (secondary N) is 3. The minimum atomic E-state index is -1.40. The molecule has 87 heavy (non-hydrogen) atoms. The third kappa shape index (κ3) is 28.1. The van der Waals surface area contributed by atoms with Gasteiger partial charge in [0.25, 0.3) is 24.4 Å². The highest BCUT2D eigenvalue weighted by atomic mass is 35.5. The van der Waals surface area contributed by atoms with Crippen molar-refractivity contribution in [2.45, 2.75) is 166 Å². The van der Waals surface area contributed by atoms with E-state index in [0.717, 1.165) is 11.1 Å². The van der Waals surface area contributed by atoms with E-state index < -0.39 is 59.6 Å². The summed E-state index contributed by atoms with van der Waals surface area (Å²) in [6.07, 6.45) is -2.92. The van der Waals surface area contributed by atoms with Crippen molar-refractivity contribution in [3.8, 4) is 11.5 Å². The molecule has 4 rings (SSSR count). The molecule has 23 heteroatoms. The minimum Gasteiger partial charge on any atom is -0.476 e. The van der Waals surface area contributed by atoms with Crippen LogP contribution in [0.5, 0.6) is 11.5 Å². The summed E-state index contributed by atoms with van der Waals surface area (Å²) in [5.41, 5.74) is 5.24. The topological polar surface area (TPSA) is 253 Å². The molecule has 4 aromatic carbocycles. The van der Waals surface area contributed by atoms with E-state index in [-0.39, 0.29) is 75.2 Å². The van der Waals surface area contributed by atoms with E-state index in [1.165, 1.54) is 9.80 Å². The molecule has 0 radical (unpaired) electrons. The van der Waals surface area contributed by atoms with Gasteiger partial charge < -0.3 is 64.6 Å². The van der Waals surface area contributed by atoms with E-state index in [4.69, 9.17) is 62.1 Å². The number of hydrogen-bond donors (Lipinski definition) is 4. The Morgan fingerprint density at radius 3 is 1.15 bits per heavy atom. The van der Waals surface area contributed by atoms with Crippen LogP contribution in [0.3, 0.4) is 0 Å². The first-order valence-electron chi connectivity index (χ1n) is 28.4. The van der Waals surface area contributed by atoms with Crippen LogP contribution in [0, 0.1) is 11.8 Å². The van der Waals surface area contributed by atoms with Gasteiger partial charge in [-0.15, -0.1) is 12.4 Å². The van der Waals surface area contributed by atoms with Crippen LogP contribution in [0.25, 0.3) is 0 Å². The Labute approximate surface area is 530 Å². The van der Waals surface area contributed by atoms with Crippen LogP contribution in [0.4, 0.5) is 14.4 Å². The molecule has 0 saturated heterocycles. The van der Waals surface area contributed by atoms with E-state index in [1.54, 1.807) is 149 Å². The van der Waals surface area contributed by atoms with Crippen LogP contribution in [-0.2, 0) is 46.1 Å². The molecule has 0 aromatic heterocycles. The summed E-state index contributed by atoms with van der Waals surface area (Å²) < 4.78 is 39.4. The molecule has 484 valence electrons. The van der Waals surface area contributed by atoms with Gasteiger partial charge in [0.1, 0.15) is 17.1 Å². The summed E-state index contributed by atoms with van der Waals surface area (Å²) in [5.74, 6) is -1.45. The predicted octanol–water partition coefficient (Wildman–Crippen LogP) is 12.2. The van der Waals surface area contributed by atoms with Crippen LogP contribution in [0.2, 0.25) is 10.0 Å². The maximum atomic E-state index is 13.2. The lowest BCUT2D eigenvalue weighted by Gasteiger charge is -2.31. The molecule has 0 aliphatic rings. The zero-order valence-electron chi connectivity index (χ0n) is 52.2. The molecule has 5 N–H and O–H groups in total. The highest BCUT2D eigenvalue weighted by Gasteiger charge is 2.38. The second-order valence-electron chi connectivity index (χ2n) is 23.1. The maximum Gasteiger partial charge on any atom is 0.413 e. The Morgan fingerprint density at radius 1 is 0.494 bits per heavy atom. The molecule has 0 heterocycles. The number of benzene rings is 4. The van der Waals surface area contributed by atoms with Crippen LogP contribution in [0.1, 0.15) is 143 Å². The van der Waals surface area contributed by atoms with Crippen LogP contribution in [-0.4, -0.2) is 133 Å². The SMILES string of the molecule is C.CC(C)C(OC(=O)N(CCN)C(C)C)OC(=O)C(C)(C)Oc1ccc(CCNC(=O)c2ccc(Cl)cc2)cc1.CC(C)C(OC(=O)N(CCNC(=O)OC(C)(C)C)C(C)C)OC(=O)C(C)(C)Oc1ccc(CCNC(=O)c2ccc(Cl)cc2)cc1.Cl. The van der Waals surface area contributed by atoms with E-state index in [9.17, 15) is 33.6 Å². The van der Waals surface area contributed by atoms with Gasteiger partial charge >= 0.3 is 30.2 Å². The molecule has 20 nitrogen and oxygen atoms in total. The number of carbonyl (C=O) groups excluding carboxylic acids is 7. The Kier molecular flexibility index (Phi) is 33.2. The van der Waals surface area contributed by atoms with Crippen molar-refractivity contribution in [1.29, 1.82) is 0 Å². The summed E-state index contributed by atoms with van der Waals surface area (Å²) in [5, 5.41) is 9.51. The van der Waals surface area contributed by atoms with Crippen molar-refractivity contribution < 1.29 is 66.7 Å². The largest absolute Gasteiger partial charge is 0.476 e. The summed E-state index contributed by atoms with van der Waals surface area (Å²) in [4.78, 5) is 91.3. The van der Waals surface area contributed by atoms with E-state index >= 15 is 0 Å². The quantitative estimate of drug-likeness (QED) is 0.0246. The van der Waals surface area contributed by atoms with E-state index in [2.05, 4.69) is 16.0 Å². The first kappa shape index (κ1) is 78.0. The second kappa shape index (κ2) is 37.0. The fourth-order valence-corrected chi connectivity index (χ4v) is 7.69. The summed E-state index contributed by atoms with van der Waals surface area (Å²) in [6.45, 7) is 27.8. The van der Waals surface area contributed by atoms with Gasteiger partial charge in [0, 0.05) is 84.4 Å². The number of amides is 5. The Hall–Kier alpha value is -7.00. The van der Waals surface area contributed by atoms with Gasteiger partial charge in [-0.3, -0.25) is 9.59 Å². The second-order valence-corrected chi connectivity index (χ2v) is 24.0. The van der Waals surface area contributed by atoms with Gasteiger partial charge in [0.05, 0.1) is 0 Å². The average Bonchev–Trinajstić information content (AvgIpc) is 2.64. The zero-order valence-corrected chi connectivity index (χ0v) is 54.5. The van der Waals surface area contributed by atoms with Gasteiger partial charge in [-0.1, -0.05) is 82.6 Å². The third-order valence-corrected chi connectivity index (χ3v) is 12.8. The number of halogens is 3. The molecule has 0 saturated carbocycles. The number of nitrogens with two attached hydrogens (primary N) is 1. The number of esters is 2. The third-order valence-electron chi connectivity index (χ3n) is 12.3. The highest BCUT2D eigenvalue weighted by Crippen LogP contribution is 2.25. The van der Waals surface area contributed by atoms with Crippen molar-refractivity contribution in [3.63, 3.8) is 0 Å². The van der Waals surface area contributed by atoms with Crippen molar-refractivity contribution >= 4 is 77.6 Å². The lowest BCUT2D eigenvalue weighted by molar-refractivity contribution is -0.192. The Bertz CT molecular complexity index is 2770. The lowest BCUT2D eigenvalue weighted by Crippen LogP contribution is -2.47. The van der Waals surface area contributed by atoms with Crippen LogP contribution >= 0.6 is 35.6 Å². The molecule has 4 aromatic rings. The maximum absolute atomic E-state index is 13.2. The standard InChI is InChI=1S/C34H48ClN3O8.C29H40ClN3O6.CH4.ClH/c1-22(2)29(44-32(42)38(23(3)4)21-20-37-31(41)46-33(5,6)7)43-30(40)34(8,9)45-27-16-10-24(11-17-27)18-19-36-28(39)25-12-14-26(35)15-13-25;1-19(2)26(38-28(36)33(18-16-31)20(3)4)37-27(35)29(5,6)39-24-13-7-21(8-14-24)15-17-32-25(34)22-9-11-23(30)12-10-22;;/h10-17,22-23,29H,18-21H2,1-9H3,(H,36,39)(H,37,41);7-14,19-20,26H,15-18,31H2,1-6H3,(H,32,34);1H4;1H. The number of carbonyl (C=O) groups is 7. The highest BCUT2D eigenvalue weighted by molar-refractivity contribution is 6.31. The van der Waals surface area contributed by atoms with Gasteiger partial charge in [-0.2, -0.15) is 0 Å². The number of ether oxygens (including phenoxy) is 7. The lowest BCUT2D eigenvalue weighted by atomic mass is 10.1. The first-order chi connectivity index (χ1) is 39.7. The number of alkyl carbamates (subject to hydrolysis) is 1. The van der Waals surface area contributed by atoms with Gasteiger partial charge in [0.15, 0.2) is 11.2 Å². The molecular formula is C64H93Cl3N6O14. The molecule has 0 fully saturated rings. The predicted molar refractivity (Wildman–Crippen MR) is 341 cm³/mol.